The molecular formula is C26H34ClN7O2. The van der Waals surface area contributed by atoms with Crippen LogP contribution in [0.3, 0.4) is 0 Å². The van der Waals surface area contributed by atoms with Crippen LogP contribution in [0.1, 0.15) is 48.3 Å². The minimum atomic E-state index is -0.264. The summed E-state index contributed by atoms with van der Waals surface area (Å²) in [6, 6.07) is 7.93. The Morgan fingerprint density at radius 2 is 1.83 bits per heavy atom. The normalized spacial score (nSPS) is 16.9. The van der Waals surface area contributed by atoms with E-state index in [4.69, 9.17) is 9.72 Å². The molecule has 0 atom stereocenters. The molecule has 0 radical (unpaired) electrons. The quantitative estimate of drug-likeness (QED) is 0.539. The molecule has 1 aliphatic carbocycles. The Hall–Kier alpha value is -3.17. The monoisotopic (exact) mass is 511 g/mol. The number of benzene rings is 1. The molecule has 10 heteroatoms. The zero-order valence-corrected chi connectivity index (χ0v) is 22.3. The molecule has 2 aliphatic rings. The summed E-state index contributed by atoms with van der Waals surface area (Å²) in [6.07, 6.45) is 4.97. The maximum absolute atomic E-state index is 12.5. The van der Waals surface area contributed by atoms with Crippen LogP contribution in [0, 0.1) is 0 Å². The van der Waals surface area contributed by atoms with E-state index in [0.29, 0.717) is 11.6 Å². The SMILES string of the molecule is CNC(=O)c1nn(C)c2c1C(C)(C)Cc1cnc(Nc3ccc(OC4CCN(C)CC4)cc3)nc1-2.Cl. The van der Waals surface area contributed by atoms with Crippen LogP contribution in [0.25, 0.3) is 11.4 Å². The van der Waals surface area contributed by atoms with E-state index in [-0.39, 0.29) is 29.8 Å². The van der Waals surface area contributed by atoms with Crippen molar-refractivity contribution in [1.82, 2.24) is 30.0 Å². The average molecular weight is 512 g/mol. The number of nitrogens with one attached hydrogen (secondary N) is 2. The Kier molecular flexibility index (Phi) is 7.24. The summed E-state index contributed by atoms with van der Waals surface area (Å²) in [5.41, 5.74) is 4.71. The first-order valence-corrected chi connectivity index (χ1v) is 12.1. The highest BCUT2D eigenvalue weighted by atomic mass is 35.5. The van der Waals surface area contributed by atoms with Crippen molar-refractivity contribution in [3.63, 3.8) is 0 Å². The summed E-state index contributed by atoms with van der Waals surface area (Å²) in [5, 5.41) is 10.6. The number of ether oxygens (including phenoxy) is 1. The maximum Gasteiger partial charge on any atom is 0.271 e. The molecule has 9 nitrogen and oxygen atoms in total. The van der Waals surface area contributed by atoms with Crippen molar-refractivity contribution in [3.05, 3.63) is 47.3 Å². The third-order valence-electron chi connectivity index (χ3n) is 6.97. The third-order valence-corrected chi connectivity index (χ3v) is 6.97. The van der Waals surface area contributed by atoms with E-state index in [9.17, 15) is 4.79 Å². The summed E-state index contributed by atoms with van der Waals surface area (Å²) in [5.74, 6) is 1.19. The first kappa shape index (κ1) is 25.9. The van der Waals surface area contributed by atoms with Crippen LogP contribution in [0.2, 0.25) is 0 Å². The van der Waals surface area contributed by atoms with Gasteiger partial charge in [0.05, 0.1) is 11.4 Å². The Labute approximate surface area is 218 Å². The molecule has 5 rings (SSSR count). The van der Waals surface area contributed by atoms with Gasteiger partial charge < -0.3 is 20.3 Å². The van der Waals surface area contributed by atoms with Gasteiger partial charge in [-0.05, 0) is 61.6 Å². The zero-order valence-electron chi connectivity index (χ0n) is 21.5. The molecule has 3 aromatic rings. The number of halogens is 1. The largest absolute Gasteiger partial charge is 0.490 e. The number of hydrogen-bond donors (Lipinski definition) is 2. The van der Waals surface area contributed by atoms with Crippen LogP contribution in [-0.4, -0.2) is 63.8 Å². The number of aromatic nitrogens is 4. The molecule has 192 valence electrons. The van der Waals surface area contributed by atoms with Crippen molar-refractivity contribution < 1.29 is 9.53 Å². The first-order valence-electron chi connectivity index (χ1n) is 12.1. The fourth-order valence-electron chi connectivity index (χ4n) is 5.12. The van der Waals surface area contributed by atoms with Crippen molar-refractivity contribution in [1.29, 1.82) is 0 Å². The van der Waals surface area contributed by atoms with Crippen LogP contribution in [0.4, 0.5) is 11.6 Å². The van der Waals surface area contributed by atoms with E-state index >= 15 is 0 Å². The number of likely N-dealkylation sites (tertiary alicyclic amines) is 1. The van der Waals surface area contributed by atoms with Gasteiger partial charge in [0.25, 0.3) is 5.91 Å². The molecule has 2 aromatic heterocycles. The van der Waals surface area contributed by atoms with E-state index < -0.39 is 0 Å². The number of carbonyl (C=O) groups is 1. The number of anilines is 2. The molecule has 1 aromatic carbocycles. The molecule has 1 fully saturated rings. The minimum Gasteiger partial charge on any atom is -0.490 e. The van der Waals surface area contributed by atoms with Gasteiger partial charge in [-0.3, -0.25) is 9.48 Å². The lowest BCUT2D eigenvalue weighted by molar-refractivity contribution is 0.0955. The number of carbonyl (C=O) groups excluding carboxylic acids is 1. The topological polar surface area (TPSA) is 97.2 Å². The number of piperidine rings is 1. The third kappa shape index (κ3) is 4.90. The van der Waals surface area contributed by atoms with Gasteiger partial charge >= 0.3 is 0 Å². The fourth-order valence-corrected chi connectivity index (χ4v) is 5.12. The molecule has 1 aliphatic heterocycles. The summed E-state index contributed by atoms with van der Waals surface area (Å²) in [6.45, 7) is 6.40. The lowest BCUT2D eigenvalue weighted by atomic mass is 9.73. The number of amides is 1. The Bertz CT molecular complexity index is 1250. The predicted molar refractivity (Wildman–Crippen MR) is 142 cm³/mol. The predicted octanol–water partition coefficient (Wildman–Crippen LogP) is 3.71. The van der Waals surface area contributed by atoms with Crippen LogP contribution >= 0.6 is 12.4 Å². The van der Waals surface area contributed by atoms with Gasteiger partial charge in [-0.2, -0.15) is 5.10 Å². The molecule has 0 bridgehead atoms. The van der Waals surface area contributed by atoms with E-state index in [2.05, 4.69) is 46.5 Å². The van der Waals surface area contributed by atoms with E-state index in [1.54, 1.807) is 11.7 Å². The molecular weight excluding hydrogens is 478 g/mol. The van der Waals surface area contributed by atoms with E-state index in [0.717, 1.165) is 66.3 Å². The lowest BCUT2D eigenvalue weighted by Crippen LogP contribution is -2.35. The Morgan fingerprint density at radius 1 is 1.14 bits per heavy atom. The van der Waals surface area contributed by atoms with Gasteiger partial charge in [-0.15, -0.1) is 12.4 Å². The molecule has 0 saturated carbocycles. The lowest BCUT2D eigenvalue weighted by Gasteiger charge is -2.31. The first-order chi connectivity index (χ1) is 16.7. The van der Waals surface area contributed by atoms with Gasteiger partial charge in [0, 0.05) is 44.6 Å². The average Bonchev–Trinajstić information content (AvgIpc) is 3.20. The fraction of sp³-hybridized carbons (Fsp3) is 0.462. The highest BCUT2D eigenvalue weighted by molar-refractivity contribution is 5.96. The second kappa shape index (κ2) is 10.1. The Morgan fingerprint density at radius 3 is 2.50 bits per heavy atom. The standard InChI is InChI=1S/C26H33N7O2.ClH/c1-26(2)14-16-15-28-25(30-21(16)23-20(26)22(24(34)27-3)31-33(23)5)29-17-6-8-18(9-7-17)35-19-10-12-32(4)13-11-19;/h6-9,15,19H,10-14H2,1-5H3,(H,27,34)(H,28,29,30);1H. The van der Waals surface area contributed by atoms with Gasteiger partial charge in [-0.1, -0.05) is 13.8 Å². The Balaban J connectivity index is 0.00000304. The summed E-state index contributed by atoms with van der Waals surface area (Å²) in [7, 11) is 5.63. The number of aryl methyl sites for hydroxylation is 1. The van der Waals surface area contributed by atoms with Gasteiger partial charge in [0.2, 0.25) is 5.95 Å². The van der Waals surface area contributed by atoms with Gasteiger partial charge in [0.15, 0.2) is 5.69 Å². The van der Waals surface area contributed by atoms with Crippen molar-refractivity contribution in [2.24, 2.45) is 7.05 Å². The second-order valence-electron chi connectivity index (χ2n) is 10.2. The highest BCUT2D eigenvalue weighted by Crippen LogP contribution is 2.43. The minimum absolute atomic E-state index is 0. The molecule has 1 saturated heterocycles. The van der Waals surface area contributed by atoms with Crippen LogP contribution in [0.5, 0.6) is 5.75 Å². The van der Waals surface area contributed by atoms with Gasteiger partial charge in [-0.25, -0.2) is 9.97 Å². The molecule has 1 amide bonds. The van der Waals surface area contributed by atoms with Gasteiger partial charge in [0.1, 0.15) is 11.9 Å². The van der Waals surface area contributed by atoms with Crippen molar-refractivity contribution in [2.45, 2.75) is 44.6 Å². The van der Waals surface area contributed by atoms with E-state index in [1.165, 1.54) is 0 Å². The highest BCUT2D eigenvalue weighted by Gasteiger charge is 2.39. The molecule has 0 spiro atoms. The van der Waals surface area contributed by atoms with E-state index in [1.807, 2.05) is 37.5 Å². The number of nitrogens with zero attached hydrogens (tertiary/aromatic N) is 5. The summed E-state index contributed by atoms with van der Waals surface area (Å²) in [4.78, 5) is 24.3. The van der Waals surface area contributed by atoms with Crippen molar-refractivity contribution in [3.8, 4) is 17.1 Å². The van der Waals surface area contributed by atoms with Crippen molar-refractivity contribution >= 4 is 29.9 Å². The summed E-state index contributed by atoms with van der Waals surface area (Å²) < 4.78 is 7.91. The number of rotatable bonds is 5. The second-order valence-corrected chi connectivity index (χ2v) is 10.2. The smallest absolute Gasteiger partial charge is 0.271 e. The van der Waals surface area contributed by atoms with Crippen LogP contribution < -0.4 is 15.4 Å². The molecule has 3 heterocycles. The maximum atomic E-state index is 12.5. The van der Waals surface area contributed by atoms with Crippen LogP contribution in [0.15, 0.2) is 30.5 Å². The molecule has 36 heavy (non-hydrogen) atoms. The zero-order chi connectivity index (χ0) is 24.7. The van der Waals surface area contributed by atoms with Crippen molar-refractivity contribution in [2.75, 3.05) is 32.5 Å². The number of hydrogen-bond acceptors (Lipinski definition) is 7. The number of fused-ring (bicyclic) bond motifs is 3. The van der Waals surface area contributed by atoms with Crippen LogP contribution in [-0.2, 0) is 18.9 Å². The molecule has 2 N–H and O–H groups in total. The molecule has 0 unspecified atom stereocenters. The summed E-state index contributed by atoms with van der Waals surface area (Å²) >= 11 is 0.